The summed E-state index contributed by atoms with van der Waals surface area (Å²) < 4.78 is 0. The Morgan fingerprint density at radius 2 is 2.18 bits per heavy atom. The molecule has 2 aromatic rings. The lowest BCUT2D eigenvalue weighted by Crippen LogP contribution is -2.16. The molecule has 1 aromatic heterocycles. The van der Waals surface area contributed by atoms with Gasteiger partial charge in [0.25, 0.3) is 0 Å². The van der Waals surface area contributed by atoms with E-state index in [9.17, 15) is 0 Å². The first-order chi connectivity index (χ1) is 8.38. The highest BCUT2D eigenvalue weighted by Crippen LogP contribution is 2.25. The first-order valence-corrected chi connectivity index (χ1v) is 6.06. The number of rotatable bonds is 2. The molecule has 2 N–H and O–H groups in total. The number of anilines is 1. The average Bonchev–Trinajstić information content (AvgIpc) is 2.91. The van der Waals surface area contributed by atoms with Crippen molar-refractivity contribution < 1.29 is 0 Å². The Hall–Kier alpha value is -1.68. The minimum atomic E-state index is 0.312. The number of hydrogen-bond donors (Lipinski definition) is 2. The highest BCUT2D eigenvalue weighted by Gasteiger charge is 2.20. The second kappa shape index (κ2) is 4.30. The highest BCUT2D eigenvalue weighted by atomic mass is 15.1. The topological polar surface area (TPSA) is 49.8 Å². The van der Waals surface area contributed by atoms with Crippen molar-refractivity contribution in [3.63, 3.8) is 0 Å². The lowest BCUT2D eigenvalue weighted by molar-refractivity contribution is 0.609. The summed E-state index contributed by atoms with van der Waals surface area (Å²) >= 11 is 0. The second-order valence-corrected chi connectivity index (χ2v) is 4.35. The summed E-state index contributed by atoms with van der Waals surface area (Å²) in [5, 5.41) is 7.67. The van der Waals surface area contributed by atoms with Gasteiger partial charge in [-0.25, -0.2) is 9.97 Å². The summed E-state index contributed by atoms with van der Waals surface area (Å²) in [5.41, 5.74) is 1.01. The number of nitrogens with one attached hydrogen (secondary N) is 2. The fraction of sp³-hybridized carbons (Fsp3) is 0.385. The van der Waals surface area contributed by atoms with Gasteiger partial charge in [-0.15, -0.1) is 0 Å². The van der Waals surface area contributed by atoms with Crippen LogP contribution in [-0.2, 0) is 0 Å². The van der Waals surface area contributed by atoms with E-state index in [0.717, 1.165) is 35.5 Å². The summed E-state index contributed by atoms with van der Waals surface area (Å²) in [6.45, 7) is 1.07. The van der Waals surface area contributed by atoms with Crippen molar-refractivity contribution in [1.29, 1.82) is 0 Å². The third-order valence-electron chi connectivity index (χ3n) is 3.23. The zero-order valence-electron chi connectivity index (χ0n) is 9.90. The quantitative estimate of drug-likeness (QED) is 0.826. The van der Waals surface area contributed by atoms with Crippen LogP contribution in [0.15, 0.2) is 24.3 Å². The van der Waals surface area contributed by atoms with E-state index in [1.54, 1.807) is 0 Å². The maximum absolute atomic E-state index is 4.65. The Kier molecular flexibility index (Phi) is 2.65. The average molecular weight is 228 g/mol. The lowest BCUT2D eigenvalue weighted by Gasteiger charge is -2.12. The van der Waals surface area contributed by atoms with E-state index in [1.807, 2.05) is 31.3 Å². The third-order valence-corrected chi connectivity index (χ3v) is 3.23. The van der Waals surface area contributed by atoms with Crippen LogP contribution in [0, 0.1) is 0 Å². The Morgan fingerprint density at radius 3 is 2.94 bits per heavy atom. The summed E-state index contributed by atoms with van der Waals surface area (Å²) in [6.07, 6.45) is 2.33. The van der Waals surface area contributed by atoms with Gasteiger partial charge in [0, 0.05) is 12.4 Å². The first-order valence-electron chi connectivity index (χ1n) is 6.06. The molecule has 1 fully saturated rings. The minimum Gasteiger partial charge on any atom is -0.373 e. The molecule has 4 heteroatoms. The zero-order chi connectivity index (χ0) is 11.7. The molecule has 88 valence electrons. The summed E-state index contributed by atoms with van der Waals surface area (Å²) in [5.74, 6) is 1.82. The molecule has 1 saturated heterocycles. The molecule has 0 radical (unpaired) electrons. The van der Waals surface area contributed by atoms with E-state index in [-0.39, 0.29) is 0 Å². The van der Waals surface area contributed by atoms with Crippen LogP contribution in [0.3, 0.4) is 0 Å². The molecule has 0 saturated carbocycles. The third kappa shape index (κ3) is 1.85. The van der Waals surface area contributed by atoms with E-state index < -0.39 is 0 Å². The molecule has 1 unspecified atom stereocenters. The highest BCUT2D eigenvalue weighted by molar-refractivity contribution is 5.88. The summed E-state index contributed by atoms with van der Waals surface area (Å²) in [4.78, 5) is 9.27. The van der Waals surface area contributed by atoms with Crippen molar-refractivity contribution in [2.75, 3.05) is 18.9 Å². The van der Waals surface area contributed by atoms with Crippen molar-refractivity contribution >= 4 is 16.7 Å². The van der Waals surface area contributed by atoms with Gasteiger partial charge < -0.3 is 10.6 Å². The molecule has 0 spiro atoms. The molecule has 3 rings (SSSR count). The van der Waals surface area contributed by atoms with Crippen LogP contribution < -0.4 is 10.6 Å². The smallest absolute Gasteiger partial charge is 0.148 e. The largest absolute Gasteiger partial charge is 0.373 e. The number of fused-ring (bicyclic) bond motifs is 1. The van der Waals surface area contributed by atoms with E-state index in [4.69, 9.17) is 0 Å². The van der Waals surface area contributed by atoms with Crippen LogP contribution in [0.5, 0.6) is 0 Å². The van der Waals surface area contributed by atoms with Crippen LogP contribution >= 0.6 is 0 Å². The van der Waals surface area contributed by atoms with Gasteiger partial charge in [0.05, 0.1) is 11.6 Å². The normalized spacial score (nSPS) is 19.7. The summed E-state index contributed by atoms with van der Waals surface area (Å²) in [7, 11) is 1.90. The van der Waals surface area contributed by atoms with Gasteiger partial charge in [-0.2, -0.15) is 0 Å². The van der Waals surface area contributed by atoms with E-state index >= 15 is 0 Å². The molecule has 0 aliphatic carbocycles. The molecular weight excluding hydrogens is 212 g/mol. The van der Waals surface area contributed by atoms with Crippen molar-refractivity contribution in [3.05, 3.63) is 30.1 Å². The van der Waals surface area contributed by atoms with Gasteiger partial charge in [-0.3, -0.25) is 0 Å². The molecule has 1 aromatic carbocycles. The van der Waals surface area contributed by atoms with Gasteiger partial charge in [0.1, 0.15) is 11.6 Å². The summed E-state index contributed by atoms with van der Waals surface area (Å²) in [6, 6.07) is 8.43. The van der Waals surface area contributed by atoms with Crippen LogP contribution in [-0.4, -0.2) is 23.6 Å². The molecule has 4 nitrogen and oxygen atoms in total. The van der Waals surface area contributed by atoms with E-state index in [1.165, 1.54) is 6.42 Å². The van der Waals surface area contributed by atoms with Gasteiger partial charge >= 0.3 is 0 Å². The molecule has 1 aliphatic heterocycles. The predicted octanol–water partition coefficient (Wildman–Crippen LogP) is 2.10. The predicted molar refractivity (Wildman–Crippen MR) is 69.1 cm³/mol. The fourth-order valence-corrected chi connectivity index (χ4v) is 2.35. The van der Waals surface area contributed by atoms with Crippen LogP contribution in [0.1, 0.15) is 24.7 Å². The van der Waals surface area contributed by atoms with Crippen molar-refractivity contribution in [1.82, 2.24) is 15.3 Å². The van der Waals surface area contributed by atoms with Gasteiger partial charge in [0.2, 0.25) is 0 Å². The van der Waals surface area contributed by atoms with Crippen molar-refractivity contribution in [2.24, 2.45) is 0 Å². The first kappa shape index (κ1) is 10.5. The van der Waals surface area contributed by atoms with Gasteiger partial charge in [0.15, 0.2) is 0 Å². The maximum Gasteiger partial charge on any atom is 0.148 e. The van der Waals surface area contributed by atoms with Crippen LogP contribution in [0.25, 0.3) is 10.9 Å². The van der Waals surface area contributed by atoms with E-state index in [0.29, 0.717) is 6.04 Å². The molecule has 0 bridgehead atoms. The monoisotopic (exact) mass is 228 g/mol. The molecule has 1 aliphatic rings. The Balaban J connectivity index is 2.13. The molecular formula is C13H16N4. The van der Waals surface area contributed by atoms with Gasteiger partial charge in [-0.1, -0.05) is 12.1 Å². The zero-order valence-corrected chi connectivity index (χ0v) is 9.90. The lowest BCUT2D eigenvalue weighted by atomic mass is 10.2. The number of hydrogen-bond acceptors (Lipinski definition) is 4. The molecule has 2 heterocycles. The van der Waals surface area contributed by atoms with Gasteiger partial charge in [-0.05, 0) is 31.5 Å². The number of nitrogens with zero attached hydrogens (tertiary/aromatic N) is 2. The second-order valence-electron chi connectivity index (χ2n) is 4.35. The number of aromatic nitrogens is 2. The SMILES string of the molecule is CNc1nc(C2CCCN2)nc2ccccc12. The Morgan fingerprint density at radius 1 is 1.29 bits per heavy atom. The molecule has 1 atom stereocenters. The molecule has 17 heavy (non-hydrogen) atoms. The number of benzene rings is 1. The maximum atomic E-state index is 4.65. The minimum absolute atomic E-state index is 0.312. The Labute approximate surface area is 100 Å². The number of para-hydroxylation sites is 1. The van der Waals surface area contributed by atoms with Crippen molar-refractivity contribution in [3.8, 4) is 0 Å². The van der Waals surface area contributed by atoms with E-state index in [2.05, 4.69) is 20.6 Å². The standard InChI is InChI=1S/C13H16N4/c1-14-12-9-5-2-3-6-10(9)16-13(17-12)11-7-4-8-15-11/h2-3,5-6,11,15H,4,7-8H2,1H3,(H,14,16,17). The molecule has 0 amide bonds. The van der Waals surface area contributed by atoms with Crippen LogP contribution in [0.4, 0.5) is 5.82 Å². The van der Waals surface area contributed by atoms with Crippen LogP contribution in [0.2, 0.25) is 0 Å². The Bertz CT molecular complexity index is 532. The fourth-order valence-electron chi connectivity index (χ4n) is 2.35. The van der Waals surface area contributed by atoms with Crippen molar-refractivity contribution in [2.45, 2.75) is 18.9 Å².